The van der Waals surface area contributed by atoms with E-state index in [0.717, 1.165) is 11.1 Å². The molecule has 0 aliphatic rings. The monoisotopic (exact) mass is 237 g/mol. The molecule has 0 saturated heterocycles. The Labute approximate surface area is 97.1 Å². The normalized spacial score (nSPS) is 10.6. The van der Waals surface area contributed by atoms with E-state index in [1.165, 1.54) is 7.11 Å². The summed E-state index contributed by atoms with van der Waals surface area (Å²) < 4.78 is 6.71. The second-order valence-electron chi connectivity index (χ2n) is 3.42. The van der Waals surface area contributed by atoms with E-state index in [9.17, 15) is 4.79 Å². The van der Waals surface area contributed by atoms with Crippen LogP contribution in [0.3, 0.4) is 0 Å². The van der Waals surface area contributed by atoms with E-state index >= 15 is 0 Å². The summed E-state index contributed by atoms with van der Waals surface area (Å²) in [4.78, 5) is 18.5. The summed E-state index contributed by atoms with van der Waals surface area (Å²) in [5.74, 6) is -0.347. The minimum Gasteiger partial charge on any atom is -0.468 e. The molecule has 6 heteroatoms. The number of carbonyl (C=O) groups excluding carboxylic acids is 1. The summed E-state index contributed by atoms with van der Waals surface area (Å²) in [5.41, 5.74) is 2.58. The van der Waals surface area contributed by atoms with Gasteiger partial charge in [0.1, 0.15) is 6.54 Å². The Balaban J connectivity index is 2.61. The first-order chi connectivity index (χ1) is 7.63. The number of pyridine rings is 1. The molecule has 16 heavy (non-hydrogen) atoms. The van der Waals surface area contributed by atoms with E-state index in [4.69, 9.17) is 12.2 Å². The van der Waals surface area contributed by atoms with Crippen LogP contribution in [0.25, 0.3) is 11.2 Å². The number of imidazole rings is 1. The third kappa shape index (κ3) is 1.71. The number of aryl methyl sites for hydroxylation is 1. The average molecular weight is 237 g/mol. The standard InChI is InChI=1S/C10H11N3O2S/c1-6-3-4-11-9-8(6)12-10(16)13(9)5-7(14)15-2/h3-4H,5H2,1-2H3,(H,12,16). The van der Waals surface area contributed by atoms with Crippen LogP contribution in [0, 0.1) is 11.7 Å². The molecule has 84 valence electrons. The molecule has 0 amide bonds. The first-order valence-electron chi connectivity index (χ1n) is 4.74. The van der Waals surface area contributed by atoms with Crippen molar-refractivity contribution in [1.29, 1.82) is 0 Å². The molecule has 5 nitrogen and oxygen atoms in total. The van der Waals surface area contributed by atoms with Crippen molar-refractivity contribution >= 4 is 29.4 Å². The molecule has 0 aromatic carbocycles. The highest BCUT2D eigenvalue weighted by Crippen LogP contribution is 2.15. The molecular weight excluding hydrogens is 226 g/mol. The average Bonchev–Trinajstić information content (AvgIpc) is 2.58. The van der Waals surface area contributed by atoms with Gasteiger partial charge in [0.2, 0.25) is 0 Å². The molecule has 2 heterocycles. The summed E-state index contributed by atoms with van der Waals surface area (Å²) in [6.45, 7) is 2.03. The lowest BCUT2D eigenvalue weighted by molar-refractivity contribution is -0.141. The lowest BCUT2D eigenvalue weighted by atomic mass is 10.3. The van der Waals surface area contributed by atoms with Crippen LogP contribution in [0.4, 0.5) is 0 Å². The number of nitrogens with one attached hydrogen (secondary N) is 1. The van der Waals surface area contributed by atoms with Gasteiger partial charge in [-0.2, -0.15) is 0 Å². The number of nitrogens with zero attached hydrogens (tertiary/aromatic N) is 2. The van der Waals surface area contributed by atoms with Crippen molar-refractivity contribution in [3.05, 3.63) is 22.6 Å². The maximum Gasteiger partial charge on any atom is 0.325 e. The van der Waals surface area contributed by atoms with Gasteiger partial charge in [-0.1, -0.05) is 0 Å². The number of rotatable bonds is 2. The van der Waals surface area contributed by atoms with Gasteiger partial charge in [0.25, 0.3) is 0 Å². The van der Waals surface area contributed by atoms with Crippen LogP contribution in [-0.2, 0) is 16.1 Å². The van der Waals surface area contributed by atoms with Gasteiger partial charge >= 0.3 is 5.97 Å². The fourth-order valence-corrected chi connectivity index (χ4v) is 1.77. The van der Waals surface area contributed by atoms with E-state index in [2.05, 4.69) is 14.7 Å². The van der Waals surface area contributed by atoms with E-state index in [-0.39, 0.29) is 12.5 Å². The Kier molecular flexibility index (Phi) is 2.74. The molecule has 0 aliphatic heterocycles. The zero-order chi connectivity index (χ0) is 11.7. The molecule has 0 aliphatic carbocycles. The zero-order valence-electron chi connectivity index (χ0n) is 8.98. The molecule has 0 saturated carbocycles. The van der Waals surface area contributed by atoms with Crippen LogP contribution in [0.1, 0.15) is 5.56 Å². The number of fused-ring (bicyclic) bond motifs is 1. The predicted octanol–water partition coefficient (Wildman–Crippen LogP) is 1.58. The van der Waals surface area contributed by atoms with Crippen LogP contribution in [0.5, 0.6) is 0 Å². The van der Waals surface area contributed by atoms with Crippen molar-refractivity contribution in [3.63, 3.8) is 0 Å². The minimum atomic E-state index is -0.347. The summed E-state index contributed by atoms with van der Waals surface area (Å²) in [6, 6.07) is 1.89. The number of esters is 1. The molecule has 0 unspecified atom stereocenters. The van der Waals surface area contributed by atoms with Gasteiger partial charge in [-0.25, -0.2) is 4.98 Å². The Morgan fingerprint density at radius 1 is 1.69 bits per heavy atom. The second kappa shape index (κ2) is 4.05. The lowest BCUT2D eigenvalue weighted by Crippen LogP contribution is -2.11. The molecule has 2 aromatic heterocycles. The quantitative estimate of drug-likeness (QED) is 0.636. The number of ether oxygens (including phenoxy) is 1. The molecule has 0 fully saturated rings. The highest BCUT2D eigenvalue weighted by Gasteiger charge is 2.10. The maximum absolute atomic E-state index is 11.2. The van der Waals surface area contributed by atoms with E-state index in [1.807, 2.05) is 13.0 Å². The number of aromatic nitrogens is 3. The number of methoxy groups -OCH3 is 1. The van der Waals surface area contributed by atoms with Crippen molar-refractivity contribution in [2.45, 2.75) is 13.5 Å². The fraction of sp³-hybridized carbons (Fsp3) is 0.300. The van der Waals surface area contributed by atoms with Crippen LogP contribution in [0.2, 0.25) is 0 Å². The summed E-state index contributed by atoms with van der Waals surface area (Å²) in [5, 5.41) is 0. The lowest BCUT2D eigenvalue weighted by Gasteiger charge is -2.01. The van der Waals surface area contributed by atoms with Crippen LogP contribution in [-0.4, -0.2) is 27.6 Å². The van der Waals surface area contributed by atoms with Crippen LogP contribution >= 0.6 is 12.2 Å². The third-order valence-corrected chi connectivity index (χ3v) is 2.71. The predicted molar refractivity (Wildman–Crippen MR) is 61.7 cm³/mol. The van der Waals surface area contributed by atoms with Crippen LogP contribution in [0.15, 0.2) is 12.3 Å². The van der Waals surface area contributed by atoms with Gasteiger partial charge in [-0.05, 0) is 30.8 Å². The summed E-state index contributed by atoms with van der Waals surface area (Å²) in [7, 11) is 1.35. The first-order valence-corrected chi connectivity index (χ1v) is 5.15. The van der Waals surface area contributed by atoms with Crippen molar-refractivity contribution in [1.82, 2.24) is 14.5 Å². The highest BCUT2D eigenvalue weighted by molar-refractivity contribution is 7.71. The first kappa shape index (κ1) is 10.8. The number of aromatic amines is 1. The molecule has 1 N–H and O–H groups in total. The Morgan fingerprint density at radius 2 is 2.44 bits per heavy atom. The number of hydrogen-bond acceptors (Lipinski definition) is 4. The number of carbonyl (C=O) groups is 1. The summed E-state index contributed by atoms with van der Waals surface area (Å²) in [6.07, 6.45) is 1.69. The van der Waals surface area contributed by atoms with E-state index in [0.29, 0.717) is 10.4 Å². The minimum absolute atomic E-state index is 0.0752. The Hall–Kier alpha value is -1.69. The highest BCUT2D eigenvalue weighted by atomic mass is 32.1. The number of H-pyrrole nitrogens is 1. The van der Waals surface area contributed by atoms with Crippen molar-refractivity contribution in [2.75, 3.05) is 7.11 Å². The topological polar surface area (TPSA) is 59.9 Å². The van der Waals surface area contributed by atoms with Gasteiger partial charge in [0.15, 0.2) is 10.4 Å². The molecule has 2 aromatic rings. The zero-order valence-corrected chi connectivity index (χ0v) is 9.80. The Morgan fingerprint density at radius 3 is 3.12 bits per heavy atom. The third-order valence-electron chi connectivity index (χ3n) is 2.39. The van der Waals surface area contributed by atoms with Crippen molar-refractivity contribution in [3.8, 4) is 0 Å². The molecular formula is C10H11N3O2S. The van der Waals surface area contributed by atoms with Gasteiger partial charge < -0.3 is 9.72 Å². The molecule has 0 radical (unpaired) electrons. The van der Waals surface area contributed by atoms with E-state index in [1.54, 1.807) is 10.8 Å². The maximum atomic E-state index is 11.2. The van der Waals surface area contributed by atoms with Gasteiger partial charge in [-0.3, -0.25) is 9.36 Å². The molecule has 0 atom stereocenters. The summed E-state index contributed by atoms with van der Waals surface area (Å²) >= 11 is 5.14. The van der Waals surface area contributed by atoms with Gasteiger partial charge in [-0.15, -0.1) is 0 Å². The fourth-order valence-electron chi connectivity index (χ4n) is 1.51. The van der Waals surface area contributed by atoms with Crippen molar-refractivity contribution < 1.29 is 9.53 Å². The molecule has 0 spiro atoms. The van der Waals surface area contributed by atoms with Crippen LogP contribution < -0.4 is 0 Å². The largest absolute Gasteiger partial charge is 0.468 e. The smallest absolute Gasteiger partial charge is 0.325 e. The second-order valence-corrected chi connectivity index (χ2v) is 3.81. The van der Waals surface area contributed by atoms with E-state index < -0.39 is 0 Å². The van der Waals surface area contributed by atoms with Crippen molar-refractivity contribution in [2.24, 2.45) is 0 Å². The SMILES string of the molecule is COC(=O)Cn1c(=S)[nH]c2c(C)ccnc21. The molecule has 0 bridgehead atoms. The number of hydrogen-bond donors (Lipinski definition) is 1. The molecule has 2 rings (SSSR count). The van der Waals surface area contributed by atoms with Gasteiger partial charge in [0.05, 0.1) is 12.6 Å². The Bertz CT molecular complexity index is 600. The van der Waals surface area contributed by atoms with Gasteiger partial charge in [0, 0.05) is 6.20 Å².